The van der Waals surface area contributed by atoms with Crippen LogP contribution in [0.4, 0.5) is 19.0 Å². The molecule has 2 heterocycles. The third kappa shape index (κ3) is 2.51. The predicted octanol–water partition coefficient (Wildman–Crippen LogP) is 2.64. The molecule has 3 rings (SSSR count). The zero-order chi connectivity index (χ0) is 15.9. The number of amides is 1. The second-order valence-electron chi connectivity index (χ2n) is 5.12. The third-order valence-corrected chi connectivity index (χ3v) is 3.64. The average Bonchev–Trinajstić information content (AvgIpc) is 2.90. The van der Waals surface area contributed by atoms with Crippen LogP contribution < -0.4 is 11.1 Å². The molecule has 0 spiro atoms. The minimum atomic E-state index is -4.47. The van der Waals surface area contributed by atoms with Crippen LogP contribution in [0.1, 0.15) is 34.6 Å². The Morgan fingerprint density at radius 3 is 2.59 bits per heavy atom. The number of primary amides is 1. The first-order valence-electron chi connectivity index (χ1n) is 6.64. The topological polar surface area (TPSA) is 72.9 Å². The van der Waals surface area contributed by atoms with Crippen molar-refractivity contribution in [1.82, 2.24) is 9.78 Å². The van der Waals surface area contributed by atoms with Crippen LogP contribution in [0, 0.1) is 0 Å². The van der Waals surface area contributed by atoms with Crippen LogP contribution >= 0.6 is 0 Å². The van der Waals surface area contributed by atoms with Crippen LogP contribution in [0.25, 0.3) is 0 Å². The highest BCUT2D eigenvalue weighted by atomic mass is 19.4. The van der Waals surface area contributed by atoms with E-state index >= 15 is 0 Å². The van der Waals surface area contributed by atoms with Crippen molar-refractivity contribution in [3.63, 3.8) is 0 Å². The van der Waals surface area contributed by atoms with Crippen LogP contribution in [0.3, 0.4) is 0 Å². The number of rotatable bonds is 2. The minimum absolute atomic E-state index is 0.135. The van der Waals surface area contributed by atoms with E-state index < -0.39 is 24.2 Å². The van der Waals surface area contributed by atoms with E-state index in [1.165, 1.54) is 6.07 Å². The number of nitrogens with zero attached hydrogens (tertiary/aromatic N) is 2. The lowest BCUT2D eigenvalue weighted by Gasteiger charge is -2.33. The maximum atomic E-state index is 13.3. The Kier molecular flexibility index (Phi) is 3.31. The molecule has 22 heavy (non-hydrogen) atoms. The summed E-state index contributed by atoms with van der Waals surface area (Å²) < 4.78 is 40.7. The van der Waals surface area contributed by atoms with Crippen molar-refractivity contribution in [2.45, 2.75) is 24.7 Å². The monoisotopic (exact) mass is 310 g/mol. The zero-order valence-electron chi connectivity index (χ0n) is 11.3. The van der Waals surface area contributed by atoms with E-state index in [9.17, 15) is 18.0 Å². The normalized spacial score (nSPS) is 21.0. The molecular weight excluding hydrogens is 297 g/mol. The molecule has 2 aromatic rings. The van der Waals surface area contributed by atoms with Gasteiger partial charge in [-0.3, -0.25) is 4.79 Å². The second-order valence-corrected chi connectivity index (χ2v) is 5.12. The number of anilines is 1. The summed E-state index contributed by atoms with van der Waals surface area (Å²) in [5.41, 5.74) is 5.65. The van der Waals surface area contributed by atoms with Gasteiger partial charge in [0.15, 0.2) is 11.7 Å². The number of hydrogen-bond donors (Lipinski definition) is 2. The maximum Gasteiger partial charge on any atom is 0.410 e. The molecule has 0 saturated heterocycles. The summed E-state index contributed by atoms with van der Waals surface area (Å²) in [6.45, 7) is 0. The molecule has 0 unspecified atom stereocenters. The molecule has 1 aromatic heterocycles. The molecule has 0 fully saturated rings. The van der Waals surface area contributed by atoms with Crippen molar-refractivity contribution in [2.75, 3.05) is 5.32 Å². The van der Waals surface area contributed by atoms with Crippen molar-refractivity contribution in [2.24, 2.45) is 5.73 Å². The van der Waals surface area contributed by atoms with Gasteiger partial charge in [-0.25, -0.2) is 4.68 Å². The molecule has 0 saturated carbocycles. The molecule has 8 heteroatoms. The largest absolute Gasteiger partial charge is 0.410 e. The van der Waals surface area contributed by atoms with Gasteiger partial charge in [0.1, 0.15) is 5.82 Å². The highest BCUT2D eigenvalue weighted by Crippen LogP contribution is 2.43. The van der Waals surface area contributed by atoms with Crippen molar-refractivity contribution < 1.29 is 18.0 Å². The number of hydrogen-bond acceptors (Lipinski definition) is 3. The molecule has 1 amide bonds. The lowest BCUT2D eigenvalue weighted by molar-refractivity contribution is -0.173. The van der Waals surface area contributed by atoms with Crippen molar-refractivity contribution in [1.29, 1.82) is 0 Å². The summed E-state index contributed by atoms with van der Waals surface area (Å²) in [5.74, 6) is -0.725. The molecule has 1 aliphatic rings. The third-order valence-electron chi connectivity index (χ3n) is 3.64. The van der Waals surface area contributed by atoms with Crippen molar-refractivity contribution >= 4 is 11.7 Å². The Bertz CT molecular complexity index is 696. The fourth-order valence-electron chi connectivity index (χ4n) is 2.60. The van der Waals surface area contributed by atoms with E-state index in [0.29, 0.717) is 0 Å². The first-order valence-corrected chi connectivity index (χ1v) is 6.64. The molecule has 3 N–H and O–H groups in total. The molecule has 0 aliphatic carbocycles. The van der Waals surface area contributed by atoms with Gasteiger partial charge in [-0.05, 0) is 5.56 Å². The van der Waals surface area contributed by atoms with Crippen LogP contribution in [0.2, 0.25) is 0 Å². The second kappa shape index (κ2) is 5.04. The van der Waals surface area contributed by atoms with Crippen LogP contribution in [-0.2, 0) is 0 Å². The zero-order valence-corrected chi connectivity index (χ0v) is 11.3. The van der Waals surface area contributed by atoms with Gasteiger partial charge in [0, 0.05) is 12.5 Å². The Labute approximate surface area is 123 Å². The van der Waals surface area contributed by atoms with Crippen LogP contribution in [-0.4, -0.2) is 21.9 Å². The summed E-state index contributed by atoms with van der Waals surface area (Å²) >= 11 is 0. The average molecular weight is 310 g/mol. The quantitative estimate of drug-likeness (QED) is 0.895. The highest BCUT2D eigenvalue weighted by molar-refractivity contribution is 5.91. The van der Waals surface area contributed by atoms with E-state index in [2.05, 4.69) is 10.4 Å². The Morgan fingerprint density at radius 2 is 2.00 bits per heavy atom. The van der Waals surface area contributed by atoms with E-state index in [1.54, 1.807) is 30.3 Å². The lowest BCUT2D eigenvalue weighted by atomic mass is 9.97. The fraction of sp³-hybridized carbons (Fsp3) is 0.286. The molecule has 2 atom stereocenters. The fourth-order valence-corrected chi connectivity index (χ4v) is 2.60. The summed E-state index contributed by atoms with van der Waals surface area (Å²) in [4.78, 5) is 11.2. The van der Waals surface area contributed by atoms with Crippen molar-refractivity contribution in [3.05, 3.63) is 47.7 Å². The number of alkyl halides is 3. The van der Waals surface area contributed by atoms with Gasteiger partial charge in [0.25, 0.3) is 5.91 Å². The molecule has 116 valence electrons. The molecule has 0 radical (unpaired) electrons. The van der Waals surface area contributed by atoms with Crippen molar-refractivity contribution in [3.8, 4) is 0 Å². The summed E-state index contributed by atoms with van der Waals surface area (Å²) in [6.07, 6.45) is -4.68. The van der Waals surface area contributed by atoms with E-state index in [-0.39, 0.29) is 17.9 Å². The van der Waals surface area contributed by atoms with E-state index in [4.69, 9.17) is 5.73 Å². The summed E-state index contributed by atoms with van der Waals surface area (Å²) in [6, 6.07) is 7.76. The van der Waals surface area contributed by atoms with Gasteiger partial charge in [0.05, 0.1) is 6.04 Å². The SMILES string of the molecule is NC(=O)c1cc2n(n1)[C@@H](C(F)(F)F)C[C@@H](c1ccccc1)N2. The minimum Gasteiger partial charge on any atom is -0.364 e. The predicted molar refractivity (Wildman–Crippen MR) is 73.3 cm³/mol. The van der Waals surface area contributed by atoms with E-state index in [0.717, 1.165) is 10.2 Å². The van der Waals surface area contributed by atoms with Crippen LogP contribution in [0.15, 0.2) is 36.4 Å². The van der Waals surface area contributed by atoms with Gasteiger partial charge in [0.2, 0.25) is 0 Å². The standard InChI is InChI=1S/C14H13F3N4O/c15-14(16,17)11-6-9(8-4-2-1-3-5-8)19-12-7-10(13(18)22)20-21(11)12/h1-5,7,9,11,19H,6H2,(H2,18,22)/t9-,11+/m0/s1. The molecule has 5 nitrogen and oxygen atoms in total. The first-order chi connectivity index (χ1) is 10.4. The lowest BCUT2D eigenvalue weighted by Crippen LogP contribution is -2.35. The van der Waals surface area contributed by atoms with Crippen LogP contribution in [0.5, 0.6) is 0 Å². The number of carbonyl (C=O) groups is 1. The molecule has 1 aromatic carbocycles. The number of nitrogens with one attached hydrogen (secondary N) is 1. The molecule has 0 bridgehead atoms. The number of benzene rings is 1. The summed E-state index contributed by atoms with van der Waals surface area (Å²) in [7, 11) is 0. The maximum absolute atomic E-state index is 13.3. The smallest absolute Gasteiger partial charge is 0.364 e. The number of nitrogens with two attached hydrogens (primary N) is 1. The van der Waals surface area contributed by atoms with Gasteiger partial charge in [-0.2, -0.15) is 18.3 Å². The van der Waals surface area contributed by atoms with E-state index in [1.807, 2.05) is 0 Å². The number of halogens is 3. The Morgan fingerprint density at radius 1 is 1.32 bits per heavy atom. The van der Waals surface area contributed by atoms with Gasteiger partial charge in [-0.15, -0.1) is 0 Å². The number of fused-ring (bicyclic) bond motifs is 1. The summed E-state index contributed by atoms with van der Waals surface area (Å²) in [5, 5.41) is 6.67. The van der Waals surface area contributed by atoms with Gasteiger partial charge < -0.3 is 11.1 Å². The first kappa shape index (κ1) is 14.4. The number of aromatic nitrogens is 2. The Hall–Kier alpha value is -2.51. The van der Waals surface area contributed by atoms with Gasteiger partial charge >= 0.3 is 6.18 Å². The molecule has 1 aliphatic heterocycles. The Balaban J connectivity index is 2.03. The molecular formula is C14H13F3N4O. The number of carbonyl (C=O) groups excluding carboxylic acids is 1. The van der Waals surface area contributed by atoms with Gasteiger partial charge in [-0.1, -0.05) is 30.3 Å². The highest BCUT2D eigenvalue weighted by Gasteiger charge is 2.46.